The van der Waals surface area contributed by atoms with Crippen molar-refractivity contribution in [1.29, 1.82) is 0 Å². The molecule has 1 saturated heterocycles. The van der Waals surface area contributed by atoms with Crippen LogP contribution in [0, 0.1) is 0 Å². The second kappa shape index (κ2) is 3.50. The third-order valence-corrected chi connectivity index (χ3v) is 2.76. The molecule has 0 aromatic rings. The van der Waals surface area contributed by atoms with Crippen LogP contribution in [0.1, 0.15) is 19.8 Å². The van der Waals surface area contributed by atoms with Gasteiger partial charge in [0, 0.05) is 13.5 Å². The van der Waals surface area contributed by atoms with E-state index in [1.807, 2.05) is 6.08 Å². The summed E-state index contributed by atoms with van der Waals surface area (Å²) in [4.78, 5) is 13.2. The first-order chi connectivity index (χ1) is 6.27. The maximum atomic E-state index is 10.8. The minimum absolute atomic E-state index is 0.00579. The Hall–Kier alpha value is -0.830. The predicted octanol–water partition coefficient (Wildman–Crippen LogP) is 0.952. The molecular weight excluding hydrogens is 166 g/mol. The van der Waals surface area contributed by atoms with Crippen molar-refractivity contribution in [2.75, 3.05) is 13.1 Å². The van der Waals surface area contributed by atoms with E-state index >= 15 is 0 Å². The van der Waals surface area contributed by atoms with Gasteiger partial charge >= 0.3 is 5.97 Å². The molecule has 13 heavy (non-hydrogen) atoms. The number of fused-ring (bicyclic) bond motifs is 1. The normalized spacial score (nSPS) is 33.0. The number of carbonyl (C=O) groups is 1. The summed E-state index contributed by atoms with van der Waals surface area (Å²) < 4.78 is 5.24. The molecular formula is C10H15NO2. The summed E-state index contributed by atoms with van der Waals surface area (Å²) >= 11 is 0. The third kappa shape index (κ3) is 1.75. The molecule has 1 fully saturated rings. The SMILES string of the molecule is CC(=O)O[C@@H]1C=CCN2CCC[C@@H]12. The van der Waals surface area contributed by atoms with Gasteiger partial charge in [0.15, 0.2) is 0 Å². The molecule has 0 aromatic heterocycles. The van der Waals surface area contributed by atoms with E-state index in [4.69, 9.17) is 4.74 Å². The van der Waals surface area contributed by atoms with Gasteiger partial charge in [-0.1, -0.05) is 6.08 Å². The van der Waals surface area contributed by atoms with E-state index in [1.165, 1.54) is 13.3 Å². The molecule has 0 saturated carbocycles. The quantitative estimate of drug-likeness (QED) is 0.445. The zero-order valence-electron chi connectivity index (χ0n) is 7.90. The zero-order valence-corrected chi connectivity index (χ0v) is 7.90. The van der Waals surface area contributed by atoms with Gasteiger partial charge in [-0.3, -0.25) is 9.69 Å². The summed E-state index contributed by atoms with van der Waals surface area (Å²) in [5.41, 5.74) is 0. The van der Waals surface area contributed by atoms with Crippen molar-refractivity contribution in [3.05, 3.63) is 12.2 Å². The van der Waals surface area contributed by atoms with Crippen LogP contribution in [0.25, 0.3) is 0 Å². The summed E-state index contributed by atoms with van der Waals surface area (Å²) in [5, 5.41) is 0. The third-order valence-electron chi connectivity index (χ3n) is 2.76. The Morgan fingerprint density at radius 1 is 1.62 bits per heavy atom. The molecule has 2 aliphatic heterocycles. The Morgan fingerprint density at radius 3 is 3.23 bits per heavy atom. The van der Waals surface area contributed by atoms with Crippen LogP contribution in [-0.2, 0) is 9.53 Å². The minimum atomic E-state index is -0.177. The van der Waals surface area contributed by atoms with Gasteiger partial charge in [-0.2, -0.15) is 0 Å². The smallest absolute Gasteiger partial charge is 0.303 e. The van der Waals surface area contributed by atoms with Crippen LogP contribution in [0.5, 0.6) is 0 Å². The molecule has 3 nitrogen and oxygen atoms in total. The molecule has 2 aliphatic rings. The van der Waals surface area contributed by atoms with Crippen molar-refractivity contribution in [1.82, 2.24) is 4.90 Å². The molecule has 2 atom stereocenters. The molecule has 0 radical (unpaired) electrons. The summed E-state index contributed by atoms with van der Waals surface area (Å²) in [7, 11) is 0. The number of hydrogen-bond donors (Lipinski definition) is 0. The fourth-order valence-corrected chi connectivity index (χ4v) is 2.22. The van der Waals surface area contributed by atoms with Gasteiger partial charge in [0.05, 0.1) is 6.04 Å². The highest BCUT2D eigenvalue weighted by atomic mass is 16.5. The summed E-state index contributed by atoms with van der Waals surface area (Å²) in [6.45, 7) is 3.64. The topological polar surface area (TPSA) is 29.5 Å². The van der Waals surface area contributed by atoms with Crippen LogP contribution in [-0.4, -0.2) is 36.1 Å². The van der Waals surface area contributed by atoms with E-state index in [0.717, 1.165) is 19.5 Å². The Bertz CT molecular complexity index is 237. The second-order valence-corrected chi connectivity index (χ2v) is 3.71. The molecule has 72 valence electrons. The van der Waals surface area contributed by atoms with Gasteiger partial charge in [0.2, 0.25) is 0 Å². The first-order valence-electron chi connectivity index (χ1n) is 4.85. The van der Waals surface area contributed by atoms with Crippen LogP contribution >= 0.6 is 0 Å². The van der Waals surface area contributed by atoms with Gasteiger partial charge in [0.1, 0.15) is 6.10 Å². The number of esters is 1. The molecule has 2 heterocycles. The molecule has 0 spiro atoms. The molecule has 0 aromatic carbocycles. The summed E-state index contributed by atoms with van der Waals surface area (Å²) in [5.74, 6) is -0.177. The number of hydrogen-bond acceptors (Lipinski definition) is 3. The first kappa shape index (κ1) is 8.75. The lowest BCUT2D eigenvalue weighted by Crippen LogP contribution is -2.43. The Morgan fingerprint density at radius 2 is 2.46 bits per heavy atom. The van der Waals surface area contributed by atoms with Gasteiger partial charge in [0.25, 0.3) is 0 Å². The van der Waals surface area contributed by atoms with Crippen molar-refractivity contribution < 1.29 is 9.53 Å². The monoisotopic (exact) mass is 181 g/mol. The highest BCUT2D eigenvalue weighted by Gasteiger charge is 2.33. The van der Waals surface area contributed by atoms with Crippen LogP contribution in [0.3, 0.4) is 0 Å². The van der Waals surface area contributed by atoms with Crippen LogP contribution in [0.15, 0.2) is 12.2 Å². The molecule has 3 heteroatoms. The lowest BCUT2D eigenvalue weighted by Gasteiger charge is -2.31. The average molecular weight is 181 g/mol. The van der Waals surface area contributed by atoms with E-state index in [-0.39, 0.29) is 12.1 Å². The fraction of sp³-hybridized carbons (Fsp3) is 0.700. The van der Waals surface area contributed by atoms with Crippen molar-refractivity contribution >= 4 is 5.97 Å². The average Bonchev–Trinajstić information content (AvgIpc) is 2.51. The highest BCUT2D eigenvalue weighted by molar-refractivity contribution is 5.66. The second-order valence-electron chi connectivity index (χ2n) is 3.71. The maximum absolute atomic E-state index is 10.8. The van der Waals surface area contributed by atoms with E-state index in [2.05, 4.69) is 11.0 Å². The predicted molar refractivity (Wildman–Crippen MR) is 49.3 cm³/mol. The number of nitrogens with zero attached hydrogens (tertiary/aromatic N) is 1. The molecule has 2 rings (SSSR count). The maximum Gasteiger partial charge on any atom is 0.303 e. The van der Waals surface area contributed by atoms with Gasteiger partial charge in [-0.15, -0.1) is 0 Å². The van der Waals surface area contributed by atoms with Crippen LogP contribution < -0.4 is 0 Å². The van der Waals surface area contributed by atoms with Crippen LogP contribution in [0.4, 0.5) is 0 Å². The summed E-state index contributed by atoms with van der Waals surface area (Å²) in [6.07, 6.45) is 6.49. The lowest BCUT2D eigenvalue weighted by atomic mass is 10.1. The van der Waals surface area contributed by atoms with Crippen molar-refractivity contribution in [2.24, 2.45) is 0 Å². The number of rotatable bonds is 1. The van der Waals surface area contributed by atoms with Crippen molar-refractivity contribution in [3.8, 4) is 0 Å². The van der Waals surface area contributed by atoms with Crippen LogP contribution in [0.2, 0.25) is 0 Å². The van der Waals surface area contributed by atoms with E-state index in [0.29, 0.717) is 6.04 Å². The molecule has 0 bridgehead atoms. The van der Waals surface area contributed by atoms with E-state index < -0.39 is 0 Å². The highest BCUT2D eigenvalue weighted by Crippen LogP contribution is 2.25. The molecule has 0 N–H and O–H groups in total. The minimum Gasteiger partial charge on any atom is -0.457 e. The number of ether oxygens (including phenoxy) is 1. The van der Waals surface area contributed by atoms with Crippen molar-refractivity contribution in [2.45, 2.75) is 31.9 Å². The Balaban J connectivity index is 2.04. The van der Waals surface area contributed by atoms with Crippen molar-refractivity contribution in [3.63, 3.8) is 0 Å². The van der Waals surface area contributed by atoms with Gasteiger partial charge in [-0.05, 0) is 25.5 Å². The molecule has 0 amide bonds. The van der Waals surface area contributed by atoms with E-state index in [1.54, 1.807) is 0 Å². The largest absolute Gasteiger partial charge is 0.457 e. The van der Waals surface area contributed by atoms with E-state index in [9.17, 15) is 4.79 Å². The molecule has 0 unspecified atom stereocenters. The van der Waals surface area contributed by atoms with Gasteiger partial charge in [-0.25, -0.2) is 0 Å². The lowest BCUT2D eigenvalue weighted by molar-refractivity contribution is -0.146. The number of carbonyl (C=O) groups excluding carboxylic acids is 1. The first-order valence-corrected chi connectivity index (χ1v) is 4.85. The fourth-order valence-electron chi connectivity index (χ4n) is 2.22. The molecule has 0 aliphatic carbocycles. The summed E-state index contributed by atoms with van der Waals surface area (Å²) in [6, 6.07) is 0.439. The zero-order chi connectivity index (χ0) is 9.26. The van der Waals surface area contributed by atoms with Gasteiger partial charge < -0.3 is 4.74 Å². The Kier molecular flexibility index (Phi) is 2.36. The Labute approximate surface area is 78.4 Å². The standard InChI is InChI=1S/C10H15NO2/c1-8(12)13-10-5-3-7-11-6-2-4-9(10)11/h3,5,9-10H,2,4,6-7H2,1H3/t9-,10+/m0/s1.